The summed E-state index contributed by atoms with van der Waals surface area (Å²) in [5.74, 6) is 1.10. The monoisotopic (exact) mass is 370 g/mol. The van der Waals surface area contributed by atoms with E-state index in [2.05, 4.69) is 23.5 Å². The smallest absolute Gasteiger partial charge is 0.240 e. The Balaban J connectivity index is 1.95. The summed E-state index contributed by atoms with van der Waals surface area (Å²) < 4.78 is 39.1. The van der Waals surface area contributed by atoms with Crippen LogP contribution in [0.4, 0.5) is 0 Å². The van der Waals surface area contributed by atoms with Crippen molar-refractivity contribution in [3.05, 3.63) is 18.2 Å². The van der Waals surface area contributed by atoms with E-state index in [0.717, 1.165) is 38.9 Å². The minimum atomic E-state index is -3.57. The van der Waals surface area contributed by atoms with Gasteiger partial charge in [-0.25, -0.2) is 13.1 Å². The normalized spacial score (nSPS) is 15.8. The Morgan fingerprint density at radius 2 is 1.84 bits per heavy atom. The van der Waals surface area contributed by atoms with E-state index in [9.17, 15) is 8.42 Å². The molecule has 1 aliphatic rings. The van der Waals surface area contributed by atoms with Gasteiger partial charge in [-0.15, -0.1) is 0 Å². The van der Waals surface area contributed by atoms with Crippen molar-refractivity contribution in [2.45, 2.75) is 51.0 Å². The van der Waals surface area contributed by atoms with Crippen LogP contribution in [0.5, 0.6) is 11.5 Å². The Morgan fingerprint density at radius 1 is 1.16 bits per heavy atom. The van der Waals surface area contributed by atoms with E-state index < -0.39 is 10.0 Å². The highest BCUT2D eigenvalue weighted by atomic mass is 32.2. The van der Waals surface area contributed by atoms with Crippen LogP contribution in [-0.4, -0.2) is 52.2 Å². The Kier molecular flexibility index (Phi) is 7.53. The zero-order valence-corrected chi connectivity index (χ0v) is 16.3. The van der Waals surface area contributed by atoms with E-state index in [0.29, 0.717) is 24.7 Å². The van der Waals surface area contributed by atoms with Crippen LogP contribution in [-0.2, 0) is 10.0 Å². The molecular formula is C18H30N2O4S. The maximum absolute atomic E-state index is 12.6. The van der Waals surface area contributed by atoms with Gasteiger partial charge in [0.2, 0.25) is 10.0 Å². The Hall–Kier alpha value is -1.31. The molecule has 142 valence electrons. The van der Waals surface area contributed by atoms with Gasteiger partial charge in [0.05, 0.1) is 18.1 Å². The van der Waals surface area contributed by atoms with Crippen LogP contribution >= 0.6 is 0 Å². The fourth-order valence-electron chi connectivity index (χ4n) is 2.86. The lowest BCUT2D eigenvalue weighted by Crippen LogP contribution is -2.33. The van der Waals surface area contributed by atoms with Crippen LogP contribution in [0.3, 0.4) is 0 Å². The van der Waals surface area contributed by atoms with Crippen LogP contribution in [0.25, 0.3) is 0 Å². The third kappa shape index (κ3) is 5.87. The minimum Gasteiger partial charge on any atom is -0.490 e. The van der Waals surface area contributed by atoms with Gasteiger partial charge in [0.15, 0.2) is 11.5 Å². The second-order valence-corrected chi connectivity index (χ2v) is 8.06. The summed E-state index contributed by atoms with van der Waals surface area (Å²) in [5, 5.41) is 0. The molecule has 0 amide bonds. The molecule has 0 aliphatic carbocycles. The first-order chi connectivity index (χ1) is 12.0. The molecular weight excluding hydrogens is 340 g/mol. The van der Waals surface area contributed by atoms with Gasteiger partial charge in [0, 0.05) is 18.5 Å². The second kappa shape index (κ2) is 9.40. The van der Waals surface area contributed by atoms with Crippen molar-refractivity contribution in [3.8, 4) is 11.5 Å². The quantitative estimate of drug-likeness (QED) is 0.724. The molecule has 1 aromatic carbocycles. The summed E-state index contributed by atoms with van der Waals surface area (Å²) in [6.45, 7) is 10.3. The number of benzene rings is 1. The highest BCUT2D eigenvalue weighted by molar-refractivity contribution is 7.89. The molecule has 1 aliphatic heterocycles. The number of hydrogen-bond acceptors (Lipinski definition) is 5. The number of nitrogens with one attached hydrogen (secondary N) is 1. The average Bonchev–Trinajstić information content (AvgIpc) is 2.83. The molecule has 1 heterocycles. The highest BCUT2D eigenvalue weighted by Crippen LogP contribution is 2.31. The Morgan fingerprint density at radius 3 is 2.52 bits per heavy atom. The standard InChI is InChI=1S/C18H30N2O4S/c1-4-20(5-2)11-6-8-15(3)19-25(21,22)16-9-10-17-18(14-16)24-13-7-12-23-17/h9-10,14-15,19H,4-8,11-13H2,1-3H3. The van der Waals surface area contributed by atoms with Gasteiger partial charge in [0.1, 0.15) is 0 Å². The summed E-state index contributed by atoms with van der Waals surface area (Å²) in [4.78, 5) is 2.55. The molecule has 1 N–H and O–H groups in total. The molecule has 7 heteroatoms. The number of hydrogen-bond donors (Lipinski definition) is 1. The molecule has 0 aromatic heterocycles. The maximum Gasteiger partial charge on any atom is 0.240 e. The predicted molar refractivity (Wildman–Crippen MR) is 98.9 cm³/mol. The van der Waals surface area contributed by atoms with Gasteiger partial charge in [-0.1, -0.05) is 13.8 Å². The van der Waals surface area contributed by atoms with E-state index in [1.54, 1.807) is 18.2 Å². The molecule has 0 saturated carbocycles. The van der Waals surface area contributed by atoms with Gasteiger partial charge in [-0.3, -0.25) is 0 Å². The predicted octanol–water partition coefficient (Wildman–Crippen LogP) is 2.64. The summed E-state index contributed by atoms with van der Waals surface area (Å²) in [7, 11) is -3.57. The first kappa shape index (κ1) is 20.0. The third-order valence-electron chi connectivity index (χ3n) is 4.39. The fraction of sp³-hybridized carbons (Fsp3) is 0.667. The minimum absolute atomic E-state index is 0.114. The van der Waals surface area contributed by atoms with E-state index in [-0.39, 0.29) is 10.9 Å². The van der Waals surface area contributed by atoms with E-state index in [1.807, 2.05) is 6.92 Å². The molecule has 2 rings (SSSR count). The Labute approximate surface area is 151 Å². The lowest BCUT2D eigenvalue weighted by Gasteiger charge is -2.20. The van der Waals surface area contributed by atoms with Crippen LogP contribution in [0.2, 0.25) is 0 Å². The van der Waals surface area contributed by atoms with Crippen molar-refractivity contribution < 1.29 is 17.9 Å². The molecule has 1 atom stereocenters. The van der Waals surface area contributed by atoms with E-state index in [4.69, 9.17) is 9.47 Å². The summed E-state index contributed by atoms with van der Waals surface area (Å²) in [5.41, 5.74) is 0. The van der Waals surface area contributed by atoms with Crippen molar-refractivity contribution in [2.75, 3.05) is 32.8 Å². The molecule has 1 aromatic rings. The summed E-state index contributed by atoms with van der Waals surface area (Å²) in [6.07, 6.45) is 2.56. The van der Waals surface area contributed by atoms with Crippen molar-refractivity contribution in [3.63, 3.8) is 0 Å². The van der Waals surface area contributed by atoms with Gasteiger partial charge < -0.3 is 14.4 Å². The molecule has 0 bridgehead atoms. The molecule has 1 unspecified atom stereocenters. The van der Waals surface area contributed by atoms with E-state index >= 15 is 0 Å². The van der Waals surface area contributed by atoms with Crippen molar-refractivity contribution >= 4 is 10.0 Å². The summed E-state index contributed by atoms with van der Waals surface area (Å²) in [6, 6.07) is 4.67. The van der Waals surface area contributed by atoms with Gasteiger partial charge in [-0.05, 0) is 51.5 Å². The Bertz CT molecular complexity index is 644. The van der Waals surface area contributed by atoms with Gasteiger partial charge in [-0.2, -0.15) is 0 Å². The van der Waals surface area contributed by atoms with Crippen LogP contribution in [0.1, 0.15) is 40.0 Å². The lowest BCUT2D eigenvalue weighted by atomic mass is 10.2. The first-order valence-corrected chi connectivity index (χ1v) is 10.6. The van der Waals surface area contributed by atoms with Gasteiger partial charge in [0.25, 0.3) is 0 Å². The van der Waals surface area contributed by atoms with Crippen molar-refractivity contribution in [1.29, 1.82) is 0 Å². The number of ether oxygens (including phenoxy) is 2. The SMILES string of the molecule is CCN(CC)CCCC(C)NS(=O)(=O)c1ccc2c(c1)OCCCO2. The molecule has 25 heavy (non-hydrogen) atoms. The molecule has 0 fully saturated rings. The zero-order valence-electron chi connectivity index (χ0n) is 15.5. The molecule has 0 radical (unpaired) electrons. The number of sulfonamides is 1. The largest absolute Gasteiger partial charge is 0.490 e. The number of nitrogens with zero attached hydrogens (tertiary/aromatic N) is 1. The number of fused-ring (bicyclic) bond motifs is 1. The van der Waals surface area contributed by atoms with Crippen molar-refractivity contribution in [2.24, 2.45) is 0 Å². The van der Waals surface area contributed by atoms with Crippen LogP contribution in [0.15, 0.2) is 23.1 Å². The molecule has 6 nitrogen and oxygen atoms in total. The topological polar surface area (TPSA) is 67.9 Å². The summed E-state index contributed by atoms with van der Waals surface area (Å²) >= 11 is 0. The second-order valence-electron chi connectivity index (χ2n) is 6.35. The lowest BCUT2D eigenvalue weighted by molar-refractivity contribution is 0.293. The van der Waals surface area contributed by atoms with Crippen LogP contribution in [0, 0.1) is 0 Å². The third-order valence-corrected chi connectivity index (χ3v) is 5.98. The maximum atomic E-state index is 12.6. The molecule has 0 spiro atoms. The fourth-order valence-corrected chi connectivity index (χ4v) is 4.16. The highest BCUT2D eigenvalue weighted by Gasteiger charge is 2.20. The van der Waals surface area contributed by atoms with E-state index in [1.165, 1.54) is 0 Å². The number of rotatable bonds is 9. The molecule has 0 saturated heterocycles. The van der Waals surface area contributed by atoms with Crippen LogP contribution < -0.4 is 14.2 Å². The van der Waals surface area contributed by atoms with Crippen molar-refractivity contribution in [1.82, 2.24) is 9.62 Å². The first-order valence-electron chi connectivity index (χ1n) is 9.10. The zero-order chi connectivity index (χ0) is 18.3. The van der Waals surface area contributed by atoms with Gasteiger partial charge >= 0.3 is 0 Å². The average molecular weight is 371 g/mol.